The van der Waals surface area contributed by atoms with Gasteiger partial charge in [0.05, 0.1) is 12.5 Å². The fourth-order valence-corrected chi connectivity index (χ4v) is 2.32. The Hall–Kier alpha value is -2.37. The maximum atomic E-state index is 11.9. The Kier molecular flexibility index (Phi) is 5.36. The Morgan fingerprint density at radius 3 is 2.35 bits per heavy atom. The predicted octanol–water partition coefficient (Wildman–Crippen LogP) is 1.56. The minimum Gasteiger partial charge on any atom is -0.455 e. The van der Waals surface area contributed by atoms with E-state index in [1.165, 1.54) is 0 Å². The van der Waals surface area contributed by atoms with Gasteiger partial charge in [-0.25, -0.2) is 0 Å². The van der Waals surface area contributed by atoms with Crippen LogP contribution < -0.4 is 10.6 Å². The monoisotopic (exact) mass is 318 g/mol. The van der Waals surface area contributed by atoms with Crippen molar-refractivity contribution in [3.63, 3.8) is 0 Å². The highest BCUT2D eigenvalue weighted by atomic mass is 16.5. The van der Waals surface area contributed by atoms with Crippen molar-refractivity contribution in [2.45, 2.75) is 27.2 Å². The summed E-state index contributed by atoms with van der Waals surface area (Å²) >= 11 is 0. The third kappa shape index (κ3) is 4.81. The molecule has 6 heteroatoms. The van der Waals surface area contributed by atoms with E-state index in [9.17, 15) is 14.4 Å². The van der Waals surface area contributed by atoms with Gasteiger partial charge >= 0.3 is 5.97 Å². The molecule has 1 aromatic carbocycles. The van der Waals surface area contributed by atoms with Gasteiger partial charge in [0.1, 0.15) is 0 Å². The molecule has 23 heavy (non-hydrogen) atoms. The van der Waals surface area contributed by atoms with E-state index in [0.29, 0.717) is 5.92 Å². The molecule has 6 nitrogen and oxygen atoms in total. The average Bonchev–Trinajstić information content (AvgIpc) is 3.23. The smallest absolute Gasteiger partial charge is 0.309 e. The number of hydrogen-bond acceptors (Lipinski definition) is 4. The molecule has 0 aromatic heterocycles. The van der Waals surface area contributed by atoms with Gasteiger partial charge in [-0.2, -0.15) is 0 Å². The summed E-state index contributed by atoms with van der Waals surface area (Å²) in [6.07, 6.45) is 0.818. The van der Waals surface area contributed by atoms with Gasteiger partial charge in [0.15, 0.2) is 6.61 Å². The van der Waals surface area contributed by atoms with Crippen LogP contribution in [-0.2, 0) is 19.1 Å². The number of ether oxygens (including phenoxy) is 1. The van der Waals surface area contributed by atoms with Gasteiger partial charge in [0, 0.05) is 5.69 Å². The van der Waals surface area contributed by atoms with Crippen LogP contribution in [0, 0.1) is 25.7 Å². The summed E-state index contributed by atoms with van der Waals surface area (Å²) in [4.78, 5) is 35.0. The molecule has 0 heterocycles. The molecular weight excluding hydrogens is 296 g/mol. The van der Waals surface area contributed by atoms with Gasteiger partial charge < -0.3 is 15.4 Å². The van der Waals surface area contributed by atoms with Crippen molar-refractivity contribution in [1.82, 2.24) is 5.32 Å². The van der Waals surface area contributed by atoms with Gasteiger partial charge in [-0.3, -0.25) is 14.4 Å². The maximum absolute atomic E-state index is 11.9. The largest absolute Gasteiger partial charge is 0.455 e. The van der Waals surface area contributed by atoms with Gasteiger partial charge in [-0.05, 0) is 37.3 Å². The van der Waals surface area contributed by atoms with Crippen LogP contribution in [0.25, 0.3) is 0 Å². The lowest BCUT2D eigenvalue weighted by Crippen LogP contribution is -2.36. The second-order valence-corrected chi connectivity index (χ2v) is 6.02. The molecule has 2 N–H and O–H groups in total. The Morgan fingerprint density at radius 1 is 1.17 bits per heavy atom. The molecule has 0 radical (unpaired) electrons. The van der Waals surface area contributed by atoms with E-state index >= 15 is 0 Å². The Balaban J connectivity index is 1.71. The number of benzene rings is 1. The molecule has 1 saturated carbocycles. The quantitative estimate of drug-likeness (QED) is 0.780. The number of para-hydroxylation sites is 1. The fraction of sp³-hybridized carbons (Fsp3) is 0.471. The van der Waals surface area contributed by atoms with E-state index in [1.807, 2.05) is 39.0 Å². The van der Waals surface area contributed by atoms with E-state index in [0.717, 1.165) is 23.2 Å². The lowest BCUT2D eigenvalue weighted by atomic mass is 10.1. The van der Waals surface area contributed by atoms with Crippen LogP contribution >= 0.6 is 0 Å². The second kappa shape index (κ2) is 7.26. The van der Waals surface area contributed by atoms with E-state index in [-0.39, 0.29) is 30.9 Å². The van der Waals surface area contributed by atoms with Crippen molar-refractivity contribution < 1.29 is 19.1 Å². The van der Waals surface area contributed by atoms with Gasteiger partial charge in [-0.1, -0.05) is 25.1 Å². The number of amides is 2. The highest BCUT2D eigenvalue weighted by Crippen LogP contribution is 2.38. The Bertz CT molecular complexity index is 607. The van der Waals surface area contributed by atoms with Crippen LogP contribution in [0.15, 0.2) is 18.2 Å². The first-order valence-electron chi connectivity index (χ1n) is 7.68. The average molecular weight is 318 g/mol. The van der Waals surface area contributed by atoms with Crippen molar-refractivity contribution in [1.29, 1.82) is 0 Å². The summed E-state index contributed by atoms with van der Waals surface area (Å²) in [6, 6.07) is 5.72. The second-order valence-electron chi connectivity index (χ2n) is 6.02. The minimum atomic E-state index is -0.483. The minimum absolute atomic E-state index is 0.0740. The summed E-state index contributed by atoms with van der Waals surface area (Å²) in [5, 5.41) is 5.21. The first-order valence-corrected chi connectivity index (χ1v) is 7.68. The number of aryl methyl sites for hydroxylation is 2. The molecule has 2 rings (SSSR count). The lowest BCUT2D eigenvalue weighted by Gasteiger charge is -2.12. The van der Waals surface area contributed by atoms with Crippen molar-refractivity contribution in [2.24, 2.45) is 11.8 Å². The molecule has 0 spiro atoms. The molecule has 1 aliphatic carbocycles. The zero-order chi connectivity index (χ0) is 17.0. The maximum Gasteiger partial charge on any atom is 0.309 e. The molecule has 124 valence electrons. The molecule has 1 aromatic rings. The van der Waals surface area contributed by atoms with Crippen molar-refractivity contribution >= 4 is 23.5 Å². The highest BCUT2D eigenvalue weighted by molar-refractivity contribution is 5.96. The molecule has 2 atom stereocenters. The van der Waals surface area contributed by atoms with Crippen molar-refractivity contribution in [3.8, 4) is 0 Å². The summed E-state index contributed by atoms with van der Waals surface area (Å²) in [7, 11) is 0. The van der Waals surface area contributed by atoms with E-state index < -0.39 is 5.91 Å². The Morgan fingerprint density at radius 2 is 1.78 bits per heavy atom. The third-order valence-electron chi connectivity index (χ3n) is 3.95. The summed E-state index contributed by atoms with van der Waals surface area (Å²) in [5.41, 5.74) is 2.66. The van der Waals surface area contributed by atoms with Crippen molar-refractivity contribution in [3.05, 3.63) is 29.3 Å². The normalized spacial score (nSPS) is 18.9. The first-order chi connectivity index (χ1) is 10.9. The molecule has 2 amide bonds. The molecule has 0 saturated heterocycles. The van der Waals surface area contributed by atoms with Crippen LogP contribution in [0.3, 0.4) is 0 Å². The molecule has 1 aliphatic rings. The number of carbonyl (C=O) groups excluding carboxylic acids is 3. The van der Waals surface area contributed by atoms with Gasteiger partial charge in [0.25, 0.3) is 5.91 Å². The Labute approximate surface area is 135 Å². The molecule has 1 fully saturated rings. The fourth-order valence-electron chi connectivity index (χ4n) is 2.32. The van der Waals surface area contributed by atoms with Crippen molar-refractivity contribution in [2.75, 3.05) is 18.5 Å². The summed E-state index contributed by atoms with van der Waals surface area (Å²) < 4.78 is 4.90. The van der Waals surface area contributed by atoms with Crippen LogP contribution in [-0.4, -0.2) is 30.9 Å². The molecule has 0 unspecified atom stereocenters. The SMILES string of the molecule is Cc1cccc(C)c1NC(=O)CNC(=O)COC(=O)[C@H]1C[C@H]1C. The lowest BCUT2D eigenvalue weighted by molar-refractivity contribution is -0.150. The van der Waals surface area contributed by atoms with Crippen LogP contribution in [0.1, 0.15) is 24.5 Å². The first kappa shape index (κ1) is 17.0. The number of esters is 1. The van der Waals surface area contributed by atoms with E-state index in [1.54, 1.807) is 0 Å². The zero-order valence-corrected chi connectivity index (χ0v) is 13.6. The highest BCUT2D eigenvalue weighted by Gasteiger charge is 2.40. The van der Waals surface area contributed by atoms with Gasteiger partial charge in [-0.15, -0.1) is 0 Å². The third-order valence-corrected chi connectivity index (χ3v) is 3.95. The van der Waals surface area contributed by atoms with Gasteiger partial charge in [0.2, 0.25) is 5.91 Å². The number of anilines is 1. The van der Waals surface area contributed by atoms with E-state index in [2.05, 4.69) is 10.6 Å². The van der Waals surface area contributed by atoms with Crippen LogP contribution in [0.2, 0.25) is 0 Å². The van der Waals surface area contributed by atoms with Crippen LogP contribution in [0.5, 0.6) is 0 Å². The molecular formula is C17H22N2O4. The molecule has 0 aliphatic heterocycles. The number of nitrogens with one attached hydrogen (secondary N) is 2. The van der Waals surface area contributed by atoms with Crippen LogP contribution in [0.4, 0.5) is 5.69 Å². The standard InChI is InChI=1S/C17H22N2O4/c1-10-5-4-6-11(2)16(10)19-14(20)8-18-15(21)9-23-17(22)13-7-12(13)3/h4-6,12-13H,7-9H2,1-3H3,(H,18,21)(H,19,20)/t12-,13+/m1/s1. The number of carbonyl (C=O) groups is 3. The predicted molar refractivity (Wildman–Crippen MR) is 85.8 cm³/mol. The number of rotatable bonds is 6. The summed E-state index contributed by atoms with van der Waals surface area (Å²) in [6.45, 7) is 5.26. The zero-order valence-electron chi connectivity index (χ0n) is 13.6. The summed E-state index contributed by atoms with van der Waals surface area (Å²) in [5.74, 6) is -0.877. The number of hydrogen-bond donors (Lipinski definition) is 2. The molecule has 0 bridgehead atoms. The topological polar surface area (TPSA) is 84.5 Å². The van der Waals surface area contributed by atoms with E-state index in [4.69, 9.17) is 4.74 Å².